The topological polar surface area (TPSA) is 86.8 Å². The van der Waals surface area contributed by atoms with Crippen molar-refractivity contribution >= 4 is 27.5 Å². The number of aryl methyl sites for hydroxylation is 1. The fourth-order valence-electron chi connectivity index (χ4n) is 3.47. The van der Waals surface area contributed by atoms with E-state index in [4.69, 9.17) is 0 Å². The summed E-state index contributed by atoms with van der Waals surface area (Å²) in [6.45, 7) is 3.08. The van der Waals surface area contributed by atoms with Gasteiger partial charge in [-0.1, -0.05) is 29.8 Å². The summed E-state index contributed by atoms with van der Waals surface area (Å²) >= 11 is 0. The number of nitrogens with zero attached hydrogens (tertiary/aromatic N) is 2. The van der Waals surface area contributed by atoms with Crippen molar-refractivity contribution in [1.82, 2.24) is 9.62 Å². The zero-order chi connectivity index (χ0) is 22.1. The number of amides is 2. The lowest BCUT2D eigenvalue weighted by Gasteiger charge is -2.46. The van der Waals surface area contributed by atoms with Crippen LogP contribution < -0.4 is 10.2 Å². The number of carbonyl (C=O) groups is 2. The molecule has 0 unspecified atom stereocenters. The molecule has 1 saturated heterocycles. The van der Waals surface area contributed by atoms with Crippen molar-refractivity contribution in [2.75, 3.05) is 24.2 Å². The van der Waals surface area contributed by atoms with Crippen LogP contribution in [0.4, 0.5) is 10.1 Å². The fraction of sp³-hybridized carbons (Fsp3) is 0.333. The highest BCUT2D eigenvalue weighted by molar-refractivity contribution is 7.88. The Morgan fingerprint density at radius 1 is 1.13 bits per heavy atom. The molecule has 7 nitrogen and oxygen atoms in total. The molecule has 0 saturated carbocycles. The van der Waals surface area contributed by atoms with Crippen molar-refractivity contribution in [2.24, 2.45) is 0 Å². The number of carbonyl (C=O) groups excluding carboxylic acids is 2. The molecule has 0 bridgehead atoms. The van der Waals surface area contributed by atoms with E-state index in [-0.39, 0.29) is 13.1 Å². The van der Waals surface area contributed by atoms with Crippen LogP contribution in [-0.2, 0) is 26.2 Å². The van der Waals surface area contributed by atoms with Gasteiger partial charge in [0.2, 0.25) is 21.8 Å². The van der Waals surface area contributed by atoms with Gasteiger partial charge in [-0.05, 0) is 43.7 Å². The predicted octanol–water partition coefficient (Wildman–Crippen LogP) is 1.82. The predicted molar refractivity (Wildman–Crippen MR) is 112 cm³/mol. The molecule has 9 heteroatoms. The van der Waals surface area contributed by atoms with Gasteiger partial charge in [-0.2, -0.15) is 4.31 Å². The van der Waals surface area contributed by atoms with Crippen LogP contribution in [0.25, 0.3) is 0 Å². The smallest absolute Gasteiger partial charge is 0.247 e. The van der Waals surface area contributed by atoms with Crippen LogP contribution >= 0.6 is 0 Å². The van der Waals surface area contributed by atoms with E-state index in [1.807, 2.05) is 31.2 Å². The molecular formula is C21H24FN3O4S. The van der Waals surface area contributed by atoms with Gasteiger partial charge in [0.1, 0.15) is 11.4 Å². The minimum Gasteiger partial charge on any atom is -0.350 e. The Morgan fingerprint density at radius 3 is 2.30 bits per heavy atom. The van der Waals surface area contributed by atoms with Gasteiger partial charge in [0.25, 0.3) is 0 Å². The molecule has 1 aliphatic heterocycles. The molecule has 1 N–H and O–H groups in total. The van der Waals surface area contributed by atoms with Gasteiger partial charge in [-0.25, -0.2) is 12.8 Å². The third-order valence-corrected chi connectivity index (χ3v) is 6.35. The molecule has 2 aromatic rings. The van der Waals surface area contributed by atoms with E-state index >= 15 is 0 Å². The average Bonchev–Trinajstić information content (AvgIpc) is 2.67. The SMILES string of the molecule is Cc1ccc(CNC(=O)[C@@]2(C)CN(S(C)(=O)=O)CC(=O)N2c2ccc(F)cc2)cc1. The van der Waals surface area contributed by atoms with Crippen LogP contribution in [0.1, 0.15) is 18.1 Å². The molecule has 160 valence electrons. The number of rotatable bonds is 5. The van der Waals surface area contributed by atoms with E-state index < -0.39 is 39.7 Å². The molecule has 1 aliphatic rings. The second-order valence-corrected chi connectivity index (χ2v) is 9.66. The summed E-state index contributed by atoms with van der Waals surface area (Å²) in [5, 5.41) is 2.80. The molecule has 0 spiro atoms. The van der Waals surface area contributed by atoms with Crippen molar-refractivity contribution in [3.8, 4) is 0 Å². The summed E-state index contributed by atoms with van der Waals surface area (Å²) in [4.78, 5) is 27.4. The Kier molecular flexibility index (Phi) is 5.96. The summed E-state index contributed by atoms with van der Waals surface area (Å²) < 4.78 is 38.6. The Morgan fingerprint density at radius 2 is 1.73 bits per heavy atom. The third kappa shape index (κ3) is 4.52. The molecule has 1 heterocycles. The number of anilines is 1. The molecule has 30 heavy (non-hydrogen) atoms. The van der Waals surface area contributed by atoms with Gasteiger partial charge in [-0.15, -0.1) is 0 Å². The van der Waals surface area contributed by atoms with Crippen molar-refractivity contribution in [3.63, 3.8) is 0 Å². The zero-order valence-electron chi connectivity index (χ0n) is 17.1. The van der Waals surface area contributed by atoms with E-state index in [2.05, 4.69) is 5.32 Å². The largest absolute Gasteiger partial charge is 0.350 e. The average molecular weight is 434 g/mol. The molecule has 2 aromatic carbocycles. The van der Waals surface area contributed by atoms with Crippen molar-refractivity contribution in [2.45, 2.75) is 25.9 Å². The summed E-state index contributed by atoms with van der Waals surface area (Å²) in [7, 11) is -3.70. The molecule has 0 radical (unpaired) electrons. The van der Waals surface area contributed by atoms with Crippen LogP contribution in [0, 0.1) is 12.7 Å². The summed E-state index contributed by atoms with van der Waals surface area (Å²) in [6.07, 6.45) is 0.998. The van der Waals surface area contributed by atoms with E-state index in [9.17, 15) is 22.4 Å². The second-order valence-electron chi connectivity index (χ2n) is 7.68. The van der Waals surface area contributed by atoms with Crippen LogP contribution in [0.5, 0.6) is 0 Å². The first kappa shape index (κ1) is 21.9. The Hall–Kier alpha value is -2.78. The number of sulfonamides is 1. The summed E-state index contributed by atoms with van der Waals surface area (Å²) in [5.41, 5.74) is 0.762. The first-order valence-electron chi connectivity index (χ1n) is 9.38. The monoisotopic (exact) mass is 433 g/mol. The zero-order valence-corrected chi connectivity index (χ0v) is 17.9. The lowest BCUT2D eigenvalue weighted by Crippen LogP contribution is -2.70. The number of benzene rings is 2. The minimum absolute atomic E-state index is 0.214. The van der Waals surface area contributed by atoms with Gasteiger partial charge in [0.05, 0.1) is 12.8 Å². The molecular weight excluding hydrogens is 409 g/mol. The van der Waals surface area contributed by atoms with E-state index in [0.29, 0.717) is 5.69 Å². The number of hydrogen-bond acceptors (Lipinski definition) is 4. The molecule has 2 amide bonds. The normalized spacial score (nSPS) is 20.3. The standard InChI is InChI=1S/C21H24FN3O4S/c1-15-4-6-16(7-5-15)12-23-20(27)21(2)14-24(30(3,28)29)13-19(26)25(21)18-10-8-17(22)9-11-18/h4-11H,12-14H2,1-3H3,(H,23,27)/t21-/m1/s1. The third-order valence-electron chi connectivity index (χ3n) is 5.16. The Balaban J connectivity index is 1.93. The Bertz CT molecular complexity index is 1050. The maximum Gasteiger partial charge on any atom is 0.247 e. The first-order chi connectivity index (χ1) is 14.0. The quantitative estimate of drug-likeness (QED) is 0.779. The number of piperazine rings is 1. The van der Waals surface area contributed by atoms with Gasteiger partial charge in [0.15, 0.2) is 0 Å². The fourth-order valence-corrected chi connectivity index (χ4v) is 4.30. The lowest BCUT2D eigenvalue weighted by atomic mass is 9.94. The molecule has 3 rings (SSSR count). The highest BCUT2D eigenvalue weighted by Gasteiger charge is 2.50. The number of hydrogen-bond donors (Lipinski definition) is 1. The van der Waals surface area contributed by atoms with Crippen LogP contribution in [0.15, 0.2) is 48.5 Å². The van der Waals surface area contributed by atoms with Crippen molar-refractivity contribution in [1.29, 1.82) is 0 Å². The van der Waals surface area contributed by atoms with Crippen LogP contribution in [0.3, 0.4) is 0 Å². The van der Waals surface area contributed by atoms with Crippen molar-refractivity contribution in [3.05, 3.63) is 65.5 Å². The van der Waals surface area contributed by atoms with Gasteiger partial charge in [-0.3, -0.25) is 14.5 Å². The van der Waals surface area contributed by atoms with Gasteiger partial charge in [0, 0.05) is 18.8 Å². The highest BCUT2D eigenvalue weighted by Crippen LogP contribution is 2.30. The maximum absolute atomic E-state index is 13.4. The van der Waals surface area contributed by atoms with Gasteiger partial charge < -0.3 is 5.32 Å². The number of nitrogens with one attached hydrogen (secondary N) is 1. The number of halogens is 1. The first-order valence-corrected chi connectivity index (χ1v) is 11.2. The molecule has 0 aliphatic carbocycles. The Labute approximate surface area is 175 Å². The highest BCUT2D eigenvalue weighted by atomic mass is 32.2. The summed E-state index contributed by atoms with van der Waals surface area (Å²) in [5.74, 6) is -1.55. The maximum atomic E-state index is 13.4. The summed E-state index contributed by atoms with van der Waals surface area (Å²) in [6, 6.07) is 12.8. The van der Waals surface area contributed by atoms with E-state index in [1.54, 1.807) is 0 Å². The molecule has 1 fully saturated rings. The molecule has 0 aromatic heterocycles. The lowest BCUT2D eigenvalue weighted by molar-refractivity contribution is -0.133. The van der Waals surface area contributed by atoms with Gasteiger partial charge >= 0.3 is 0 Å². The second kappa shape index (κ2) is 8.16. The molecule has 1 atom stereocenters. The van der Waals surface area contributed by atoms with Crippen molar-refractivity contribution < 1.29 is 22.4 Å². The van der Waals surface area contributed by atoms with Crippen LogP contribution in [0.2, 0.25) is 0 Å². The van der Waals surface area contributed by atoms with Crippen LogP contribution in [-0.4, -0.2) is 49.4 Å². The van der Waals surface area contributed by atoms with E-state index in [1.165, 1.54) is 36.1 Å². The van der Waals surface area contributed by atoms with E-state index in [0.717, 1.165) is 21.7 Å². The minimum atomic E-state index is -3.70.